The Balaban J connectivity index is 2.53. The Bertz CT molecular complexity index is 566. The number of pyridine rings is 1. The van der Waals surface area contributed by atoms with E-state index in [1.165, 1.54) is 7.11 Å². The van der Waals surface area contributed by atoms with Crippen molar-refractivity contribution in [1.82, 2.24) is 4.98 Å². The Labute approximate surface area is 105 Å². The van der Waals surface area contributed by atoms with Crippen molar-refractivity contribution in [3.63, 3.8) is 0 Å². The monoisotopic (exact) mass is 243 g/mol. The Kier molecular flexibility index (Phi) is 3.57. The summed E-state index contributed by atoms with van der Waals surface area (Å²) in [5.41, 5.74) is 1.89. The summed E-state index contributed by atoms with van der Waals surface area (Å²) >= 11 is 0. The number of esters is 1. The molecule has 0 spiro atoms. The summed E-state index contributed by atoms with van der Waals surface area (Å²) in [5, 5.41) is 0. The van der Waals surface area contributed by atoms with Gasteiger partial charge in [-0.05, 0) is 12.1 Å². The van der Waals surface area contributed by atoms with E-state index in [1.807, 2.05) is 12.1 Å². The minimum Gasteiger partial charge on any atom is -0.497 e. The van der Waals surface area contributed by atoms with Crippen molar-refractivity contribution in [2.24, 2.45) is 0 Å². The number of nitrogens with zero attached hydrogens (tertiary/aromatic N) is 1. The minimum absolute atomic E-state index is 0.379. The first kappa shape index (κ1) is 12.1. The van der Waals surface area contributed by atoms with E-state index in [0.29, 0.717) is 17.0 Å². The van der Waals surface area contributed by atoms with E-state index in [1.54, 1.807) is 37.6 Å². The third-order valence-corrected chi connectivity index (χ3v) is 2.58. The molecule has 0 atom stereocenters. The van der Waals surface area contributed by atoms with Crippen LogP contribution in [0.15, 0.2) is 42.6 Å². The average molecular weight is 243 g/mol. The standard InChI is InChI=1S/C14H13NO3/c1-17-10-7-8-15-13(9-10)11-5-3-4-6-12(11)14(16)18-2/h3-9H,1-2H3. The van der Waals surface area contributed by atoms with Crippen LogP contribution in [-0.4, -0.2) is 25.2 Å². The average Bonchev–Trinajstić information content (AvgIpc) is 2.46. The molecule has 0 radical (unpaired) electrons. The van der Waals surface area contributed by atoms with Gasteiger partial charge in [-0.15, -0.1) is 0 Å². The van der Waals surface area contributed by atoms with Crippen molar-refractivity contribution >= 4 is 5.97 Å². The highest BCUT2D eigenvalue weighted by atomic mass is 16.5. The van der Waals surface area contributed by atoms with Crippen LogP contribution < -0.4 is 4.74 Å². The summed E-state index contributed by atoms with van der Waals surface area (Å²) < 4.78 is 9.90. The first-order valence-electron chi connectivity index (χ1n) is 5.44. The predicted molar refractivity (Wildman–Crippen MR) is 67.6 cm³/mol. The van der Waals surface area contributed by atoms with Crippen molar-refractivity contribution in [2.75, 3.05) is 14.2 Å². The number of rotatable bonds is 3. The summed E-state index contributed by atoms with van der Waals surface area (Å²) in [4.78, 5) is 15.9. The highest BCUT2D eigenvalue weighted by Crippen LogP contribution is 2.25. The van der Waals surface area contributed by atoms with Crippen LogP contribution in [0.2, 0.25) is 0 Å². The number of aromatic nitrogens is 1. The highest BCUT2D eigenvalue weighted by Gasteiger charge is 2.13. The molecular formula is C14H13NO3. The number of hydrogen-bond acceptors (Lipinski definition) is 4. The zero-order valence-corrected chi connectivity index (χ0v) is 10.2. The molecule has 18 heavy (non-hydrogen) atoms. The maximum atomic E-state index is 11.7. The third-order valence-electron chi connectivity index (χ3n) is 2.58. The Hall–Kier alpha value is -2.36. The van der Waals surface area contributed by atoms with Gasteiger partial charge in [-0.25, -0.2) is 4.79 Å². The van der Waals surface area contributed by atoms with Gasteiger partial charge < -0.3 is 9.47 Å². The second-order valence-corrected chi connectivity index (χ2v) is 3.62. The van der Waals surface area contributed by atoms with E-state index in [9.17, 15) is 4.79 Å². The third kappa shape index (κ3) is 2.32. The summed E-state index contributed by atoms with van der Waals surface area (Å²) in [5.74, 6) is 0.315. The summed E-state index contributed by atoms with van der Waals surface area (Å²) in [6.07, 6.45) is 1.64. The first-order chi connectivity index (χ1) is 8.76. The molecular weight excluding hydrogens is 230 g/mol. The number of carbonyl (C=O) groups excluding carboxylic acids is 1. The maximum absolute atomic E-state index is 11.7. The van der Waals surface area contributed by atoms with Gasteiger partial charge in [0, 0.05) is 17.8 Å². The maximum Gasteiger partial charge on any atom is 0.338 e. The van der Waals surface area contributed by atoms with E-state index < -0.39 is 0 Å². The lowest BCUT2D eigenvalue weighted by Crippen LogP contribution is -2.03. The van der Waals surface area contributed by atoms with Crippen molar-refractivity contribution in [3.05, 3.63) is 48.2 Å². The summed E-state index contributed by atoms with van der Waals surface area (Å²) in [7, 11) is 2.95. The zero-order chi connectivity index (χ0) is 13.0. The molecule has 2 aromatic rings. The van der Waals surface area contributed by atoms with Gasteiger partial charge in [0.25, 0.3) is 0 Å². The topological polar surface area (TPSA) is 48.4 Å². The first-order valence-corrected chi connectivity index (χ1v) is 5.44. The number of hydrogen-bond donors (Lipinski definition) is 0. The van der Waals surface area contributed by atoms with Gasteiger partial charge in [-0.2, -0.15) is 0 Å². The molecule has 0 aliphatic carbocycles. The van der Waals surface area contributed by atoms with Crippen LogP contribution in [0.1, 0.15) is 10.4 Å². The smallest absolute Gasteiger partial charge is 0.338 e. The van der Waals surface area contributed by atoms with Crippen LogP contribution in [0.4, 0.5) is 0 Å². The van der Waals surface area contributed by atoms with Gasteiger partial charge in [0.15, 0.2) is 0 Å². The molecule has 0 aliphatic rings. The molecule has 0 amide bonds. The van der Waals surface area contributed by atoms with Gasteiger partial charge >= 0.3 is 5.97 Å². The lowest BCUT2D eigenvalue weighted by atomic mass is 10.0. The van der Waals surface area contributed by atoms with Gasteiger partial charge in [-0.1, -0.05) is 18.2 Å². The Morgan fingerprint density at radius 3 is 2.67 bits per heavy atom. The van der Waals surface area contributed by atoms with Gasteiger partial charge in [0.1, 0.15) is 5.75 Å². The molecule has 1 aromatic carbocycles. The normalized spacial score (nSPS) is 9.89. The Morgan fingerprint density at radius 1 is 1.17 bits per heavy atom. The number of ether oxygens (including phenoxy) is 2. The number of carbonyl (C=O) groups is 1. The fourth-order valence-electron chi connectivity index (χ4n) is 1.68. The van der Waals surface area contributed by atoms with Crippen molar-refractivity contribution < 1.29 is 14.3 Å². The minimum atomic E-state index is -0.379. The summed E-state index contributed by atoms with van der Waals surface area (Å²) in [6, 6.07) is 10.7. The molecule has 2 rings (SSSR count). The molecule has 0 aliphatic heterocycles. The second-order valence-electron chi connectivity index (χ2n) is 3.62. The molecule has 92 valence electrons. The summed E-state index contributed by atoms with van der Waals surface area (Å²) in [6.45, 7) is 0. The Morgan fingerprint density at radius 2 is 1.94 bits per heavy atom. The van der Waals surface area contributed by atoms with Crippen LogP contribution in [0, 0.1) is 0 Å². The van der Waals surface area contributed by atoms with Crippen LogP contribution >= 0.6 is 0 Å². The lowest BCUT2D eigenvalue weighted by Gasteiger charge is -2.08. The molecule has 0 saturated carbocycles. The highest BCUT2D eigenvalue weighted by molar-refractivity contribution is 5.96. The molecule has 4 nitrogen and oxygen atoms in total. The van der Waals surface area contributed by atoms with E-state index in [2.05, 4.69) is 4.98 Å². The molecule has 1 heterocycles. The van der Waals surface area contributed by atoms with Crippen molar-refractivity contribution in [3.8, 4) is 17.0 Å². The van der Waals surface area contributed by atoms with Crippen LogP contribution in [-0.2, 0) is 4.74 Å². The van der Waals surface area contributed by atoms with E-state index in [-0.39, 0.29) is 5.97 Å². The number of methoxy groups -OCH3 is 2. The van der Waals surface area contributed by atoms with Crippen LogP contribution in [0.5, 0.6) is 5.75 Å². The quantitative estimate of drug-likeness (QED) is 0.777. The lowest BCUT2D eigenvalue weighted by molar-refractivity contribution is 0.0601. The SMILES string of the molecule is COC(=O)c1ccccc1-c1cc(OC)ccn1. The van der Waals surface area contributed by atoms with Crippen LogP contribution in [0.3, 0.4) is 0 Å². The van der Waals surface area contributed by atoms with E-state index in [4.69, 9.17) is 9.47 Å². The predicted octanol–water partition coefficient (Wildman–Crippen LogP) is 2.54. The molecule has 0 N–H and O–H groups in total. The van der Waals surface area contributed by atoms with Gasteiger partial charge in [0.05, 0.1) is 25.5 Å². The van der Waals surface area contributed by atoms with Crippen molar-refractivity contribution in [1.29, 1.82) is 0 Å². The molecule has 0 bridgehead atoms. The fraction of sp³-hybridized carbons (Fsp3) is 0.143. The van der Waals surface area contributed by atoms with Gasteiger partial charge in [-0.3, -0.25) is 4.98 Å². The van der Waals surface area contributed by atoms with E-state index in [0.717, 1.165) is 5.56 Å². The molecule has 4 heteroatoms. The van der Waals surface area contributed by atoms with Crippen molar-refractivity contribution in [2.45, 2.75) is 0 Å². The largest absolute Gasteiger partial charge is 0.497 e. The fourth-order valence-corrected chi connectivity index (χ4v) is 1.68. The number of benzene rings is 1. The molecule has 0 unspecified atom stereocenters. The van der Waals surface area contributed by atoms with E-state index >= 15 is 0 Å². The zero-order valence-electron chi connectivity index (χ0n) is 10.2. The molecule has 0 saturated heterocycles. The van der Waals surface area contributed by atoms with Gasteiger partial charge in [0.2, 0.25) is 0 Å². The molecule has 1 aromatic heterocycles. The van der Waals surface area contributed by atoms with Crippen LogP contribution in [0.25, 0.3) is 11.3 Å². The second kappa shape index (κ2) is 5.31. The molecule has 0 fully saturated rings.